The van der Waals surface area contributed by atoms with Gasteiger partial charge in [0, 0.05) is 6.04 Å². The van der Waals surface area contributed by atoms with Crippen molar-refractivity contribution in [2.75, 3.05) is 6.61 Å². The van der Waals surface area contributed by atoms with Crippen LogP contribution in [0.5, 0.6) is 5.75 Å². The first-order valence-electron chi connectivity index (χ1n) is 6.99. The van der Waals surface area contributed by atoms with E-state index in [1.54, 1.807) is 0 Å². The van der Waals surface area contributed by atoms with Crippen molar-refractivity contribution < 1.29 is 19.1 Å². The van der Waals surface area contributed by atoms with Gasteiger partial charge in [0.2, 0.25) is 0 Å². The second-order valence-corrected chi connectivity index (χ2v) is 5.35. The summed E-state index contributed by atoms with van der Waals surface area (Å²) in [5.74, 6) is -0.247. The molecular formula is C16H23NO4. The minimum absolute atomic E-state index is 0.00473. The van der Waals surface area contributed by atoms with E-state index >= 15 is 0 Å². The maximum absolute atomic E-state index is 11.7. The summed E-state index contributed by atoms with van der Waals surface area (Å²) in [5.41, 5.74) is 2.08. The van der Waals surface area contributed by atoms with E-state index in [9.17, 15) is 9.59 Å². The Morgan fingerprint density at radius 2 is 1.86 bits per heavy atom. The second kappa shape index (κ2) is 7.67. The molecule has 0 saturated heterocycles. The van der Waals surface area contributed by atoms with Crippen LogP contribution < -0.4 is 10.1 Å². The first-order valence-corrected chi connectivity index (χ1v) is 6.99. The zero-order valence-corrected chi connectivity index (χ0v) is 13.2. The van der Waals surface area contributed by atoms with Gasteiger partial charge in [0.25, 0.3) is 5.91 Å². The van der Waals surface area contributed by atoms with Crippen molar-refractivity contribution in [2.45, 2.75) is 46.8 Å². The highest BCUT2D eigenvalue weighted by Gasteiger charge is 2.18. The predicted octanol–water partition coefficient (Wildman–Crippen LogP) is 2.14. The second-order valence-electron chi connectivity index (χ2n) is 5.35. The summed E-state index contributed by atoms with van der Waals surface area (Å²) < 4.78 is 10.4. The fourth-order valence-electron chi connectivity index (χ4n) is 1.78. The average Bonchev–Trinajstić information content (AvgIpc) is 2.36. The molecule has 21 heavy (non-hydrogen) atoms. The third kappa shape index (κ3) is 5.85. The summed E-state index contributed by atoms with van der Waals surface area (Å²) in [6.07, 6.45) is -0.831. The molecule has 5 heteroatoms. The van der Waals surface area contributed by atoms with Crippen molar-refractivity contribution in [3.8, 4) is 5.75 Å². The van der Waals surface area contributed by atoms with Gasteiger partial charge in [-0.25, -0.2) is 4.79 Å². The number of amides is 1. The van der Waals surface area contributed by atoms with E-state index in [1.807, 2.05) is 45.9 Å². The highest BCUT2D eigenvalue weighted by atomic mass is 16.6. The Hall–Kier alpha value is -2.04. The van der Waals surface area contributed by atoms with Crippen LogP contribution in [0.3, 0.4) is 0 Å². The minimum Gasteiger partial charge on any atom is -0.482 e. The van der Waals surface area contributed by atoms with Crippen LogP contribution in [0.4, 0.5) is 0 Å². The zero-order valence-electron chi connectivity index (χ0n) is 13.2. The van der Waals surface area contributed by atoms with E-state index in [0.29, 0.717) is 5.75 Å². The van der Waals surface area contributed by atoms with Gasteiger partial charge in [-0.1, -0.05) is 17.7 Å². The van der Waals surface area contributed by atoms with E-state index in [0.717, 1.165) is 11.1 Å². The molecule has 0 saturated carbocycles. The fourth-order valence-corrected chi connectivity index (χ4v) is 1.78. The van der Waals surface area contributed by atoms with Crippen molar-refractivity contribution in [1.82, 2.24) is 5.32 Å². The van der Waals surface area contributed by atoms with E-state index < -0.39 is 12.1 Å². The third-order valence-corrected chi connectivity index (χ3v) is 2.78. The molecule has 0 spiro atoms. The Bertz CT molecular complexity index is 511. The van der Waals surface area contributed by atoms with Crippen LogP contribution in [0.25, 0.3) is 0 Å². The number of aryl methyl sites for hydroxylation is 2. The Labute approximate surface area is 125 Å². The normalized spacial score (nSPS) is 11.9. The maximum Gasteiger partial charge on any atom is 0.344 e. The summed E-state index contributed by atoms with van der Waals surface area (Å²) in [6, 6.07) is 5.70. The lowest BCUT2D eigenvalue weighted by Crippen LogP contribution is -2.40. The van der Waals surface area contributed by atoms with Gasteiger partial charge in [-0.3, -0.25) is 4.79 Å². The van der Waals surface area contributed by atoms with Gasteiger partial charge in [0.15, 0.2) is 12.7 Å². The van der Waals surface area contributed by atoms with Gasteiger partial charge in [0.1, 0.15) is 5.75 Å². The summed E-state index contributed by atoms with van der Waals surface area (Å²) in [4.78, 5) is 23.3. The van der Waals surface area contributed by atoms with Gasteiger partial charge in [-0.2, -0.15) is 0 Å². The first-order chi connectivity index (χ1) is 9.79. The molecule has 1 amide bonds. The van der Waals surface area contributed by atoms with Crippen LogP contribution >= 0.6 is 0 Å². The molecule has 0 aliphatic carbocycles. The molecule has 5 nitrogen and oxygen atoms in total. The standard InChI is InChI=1S/C16H23NO4/c1-10(2)17-16(19)13(5)21-15(18)9-20-14-7-6-11(3)8-12(14)4/h6-8,10,13H,9H2,1-5H3,(H,17,19)/t13-/m1/s1. The number of hydrogen-bond acceptors (Lipinski definition) is 4. The van der Waals surface area contributed by atoms with Crippen molar-refractivity contribution >= 4 is 11.9 Å². The molecule has 1 aromatic carbocycles. The number of esters is 1. The first kappa shape index (κ1) is 17.0. The van der Waals surface area contributed by atoms with Crippen LogP contribution in [-0.2, 0) is 14.3 Å². The highest BCUT2D eigenvalue weighted by molar-refractivity contribution is 5.83. The number of nitrogens with one attached hydrogen (secondary N) is 1. The van der Waals surface area contributed by atoms with Gasteiger partial charge < -0.3 is 14.8 Å². The van der Waals surface area contributed by atoms with Crippen LogP contribution in [0.2, 0.25) is 0 Å². The van der Waals surface area contributed by atoms with Crippen LogP contribution in [0.15, 0.2) is 18.2 Å². The lowest BCUT2D eigenvalue weighted by Gasteiger charge is -2.16. The third-order valence-electron chi connectivity index (χ3n) is 2.78. The van der Waals surface area contributed by atoms with E-state index in [2.05, 4.69) is 5.32 Å². The Morgan fingerprint density at radius 3 is 2.43 bits per heavy atom. The monoisotopic (exact) mass is 293 g/mol. The number of carbonyl (C=O) groups is 2. The van der Waals surface area contributed by atoms with Crippen LogP contribution in [0, 0.1) is 13.8 Å². The van der Waals surface area contributed by atoms with Gasteiger partial charge in [0.05, 0.1) is 0 Å². The largest absolute Gasteiger partial charge is 0.482 e. The quantitative estimate of drug-likeness (QED) is 0.816. The molecule has 0 aliphatic rings. The van der Waals surface area contributed by atoms with Gasteiger partial charge >= 0.3 is 5.97 Å². The predicted molar refractivity (Wildman–Crippen MR) is 80.2 cm³/mol. The molecule has 0 radical (unpaired) electrons. The number of benzene rings is 1. The zero-order chi connectivity index (χ0) is 16.0. The fraction of sp³-hybridized carbons (Fsp3) is 0.500. The molecule has 0 unspecified atom stereocenters. The van der Waals surface area contributed by atoms with Crippen molar-refractivity contribution in [3.05, 3.63) is 29.3 Å². The molecule has 1 atom stereocenters. The van der Waals surface area contributed by atoms with Crippen LogP contribution in [0.1, 0.15) is 31.9 Å². The van der Waals surface area contributed by atoms with Crippen molar-refractivity contribution in [1.29, 1.82) is 0 Å². The molecule has 0 bridgehead atoms. The molecule has 0 aliphatic heterocycles. The minimum atomic E-state index is -0.831. The summed E-state index contributed by atoms with van der Waals surface area (Å²) in [6.45, 7) is 8.90. The highest BCUT2D eigenvalue weighted by Crippen LogP contribution is 2.18. The van der Waals surface area contributed by atoms with E-state index in [-0.39, 0.29) is 18.6 Å². The number of carbonyl (C=O) groups excluding carboxylic acids is 2. The maximum atomic E-state index is 11.7. The van der Waals surface area contributed by atoms with E-state index in [1.165, 1.54) is 6.92 Å². The number of hydrogen-bond donors (Lipinski definition) is 1. The van der Waals surface area contributed by atoms with Gasteiger partial charge in [-0.05, 0) is 46.2 Å². The topological polar surface area (TPSA) is 64.6 Å². The molecule has 116 valence electrons. The Morgan fingerprint density at radius 1 is 1.19 bits per heavy atom. The van der Waals surface area contributed by atoms with Crippen LogP contribution in [-0.4, -0.2) is 30.6 Å². The summed E-state index contributed by atoms with van der Waals surface area (Å²) in [7, 11) is 0. The number of ether oxygens (including phenoxy) is 2. The average molecular weight is 293 g/mol. The lowest BCUT2D eigenvalue weighted by atomic mass is 10.1. The molecule has 1 rings (SSSR count). The molecule has 1 N–H and O–H groups in total. The Kier molecular flexibility index (Phi) is 6.21. The number of rotatable bonds is 6. The smallest absolute Gasteiger partial charge is 0.344 e. The lowest BCUT2D eigenvalue weighted by molar-refractivity contribution is -0.156. The molecular weight excluding hydrogens is 270 g/mol. The molecule has 0 aromatic heterocycles. The van der Waals surface area contributed by atoms with Crippen molar-refractivity contribution in [2.24, 2.45) is 0 Å². The SMILES string of the molecule is Cc1ccc(OCC(=O)O[C@H](C)C(=O)NC(C)C)c(C)c1. The molecule has 0 heterocycles. The van der Waals surface area contributed by atoms with Gasteiger partial charge in [-0.15, -0.1) is 0 Å². The summed E-state index contributed by atoms with van der Waals surface area (Å²) in [5, 5.41) is 2.68. The Balaban J connectivity index is 2.45. The van der Waals surface area contributed by atoms with Crippen molar-refractivity contribution in [3.63, 3.8) is 0 Å². The molecule has 0 fully saturated rings. The molecule has 1 aromatic rings. The summed E-state index contributed by atoms with van der Waals surface area (Å²) >= 11 is 0. The van der Waals surface area contributed by atoms with E-state index in [4.69, 9.17) is 9.47 Å².